The summed E-state index contributed by atoms with van der Waals surface area (Å²) in [6.45, 7) is 11.6. The van der Waals surface area contributed by atoms with Crippen molar-refractivity contribution in [2.24, 2.45) is 11.8 Å². The lowest BCUT2D eigenvalue weighted by Crippen LogP contribution is -2.21. The fraction of sp³-hybridized carbons (Fsp3) is 0.600. The van der Waals surface area contributed by atoms with E-state index in [9.17, 15) is 19.2 Å². The minimum atomic E-state index is -0.424. The van der Waals surface area contributed by atoms with Gasteiger partial charge in [0.25, 0.3) is 0 Å². The maximum absolute atomic E-state index is 12.9. The number of amides is 2. The van der Waals surface area contributed by atoms with Crippen LogP contribution in [0.15, 0.2) is 0 Å². The van der Waals surface area contributed by atoms with Gasteiger partial charge in [-0.05, 0) is 89.2 Å². The number of esters is 2. The van der Waals surface area contributed by atoms with Crippen molar-refractivity contribution in [3.8, 4) is 0 Å². The van der Waals surface area contributed by atoms with Gasteiger partial charge in [0.15, 0.2) is 0 Å². The largest absolute Gasteiger partial charge is 0.459 e. The van der Waals surface area contributed by atoms with Crippen molar-refractivity contribution >= 4 is 56.4 Å². The Morgan fingerprint density at radius 2 is 1.10 bits per heavy atom. The van der Waals surface area contributed by atoms with E-state index in [0.29, 0.717) is 33.0 Å². The van der Waals surface area contributed by atoms with Crippen molar-refractivity contribution in [1.29, 1.82) is 0 Å². The first-order valence-corrected chi connectivity index (χ1v) is 15.9. The van der Waals surface area contributed by atoms with Crippen LogP contribution in [0, 0.1) is 11.8 Å². The van der Waals surface area contributed by atoms with Gasteiger partial charge in [-0.15, -0.1) is 22.7 Å². The molecule has 0 aromatic carbocycles. The van der Waals surface area contributed by atoms with Crippen molar-refractivity contribution in [2.75, 3.05) is 10.6 Å². The minimum Gasteiger partial charge on any atom is -0.459 e. The zero-order valence-corrected chi connectivity index (χ0v) is 25.9. The lowest BCUT2D eigenvalue weighted by molar-refractivity contribution is -0.121. The second-order valence-electron chi connectivity index (χ2n) is 11.6. The van der Waals surface area contributed by atoms with Gasteiger partial charge in [-0.1, -0.05) is 13.8 Å². The van der Waals surface area contributed by atoms with Gasteiger partial charge >= 0.3 is 11.9 Å². The van der Waals surface area contributed by atoms with Crippen LogP contribution in [0.4, 0.5) is 10.0 Å². The molecule has 2 aromatic rings. The summed E-state index contributed by atoms with van der Waals surface area (Å²) in [4.78, 5) is 53.9. The first-order valence-electron chi connectivity index (χ1n) is 14.2. The summed E-state index contributed by atoms with van der Waals surface area (Å²) in [5, 5.41) is 6.75. The molecule has 2 N–H and O–H groups in total. The van der Waals surface area contributed by atoms with Gasteiger partial charge in [-0.25, -0.2) is 9.59 Å². The monoisotopic (exact) mass is 588 g/mol. The second kappa shape index (κ2) is 12.9. The zero-order valence-electron chi connectivity index (χ0n) is 24.2. The second-order valence-corrected chi connectivity index (χ2v) is 13.8. The quantitative estimate of drug-likeness (QED) is 0.322. The Balaban J connectivity index is 1.44. The van der Waals surface area contributed by atoms with Crippen LogP contribution in [0.25, 0.3) is 0 Å². The molecule has 0 saturated heterocycles. The maximum Gasteiger partial charge on any atom is 0.341 e. The molecule has 8 nitrogen and oxygen atoms in total. The highest BCUT2D eigenvalue weighted by atomic mass is 32.1. The van der Waals surface area contributed by atoms with Crippen LogP contribution in [0.3, 0.4) is 0 Å². The van der Waals surface area contributed by atoms with Crippen LogP contribution in [0.5, 0.6) is 0 Å². The molecule has 2 heterocycles. The van der Waals surface area contributed by atoms with Crippen molar-refractivity contribution in [3.05, 3.63) is 32.0 Å². The number of carbonyl (C=O) groups is 4. The first-order chi connectivity index (χ1) is 18.9. The normalized spacial score (nSPS) is 18.2. The van der Waals surface area contributed by atoms with Gasteiger partial charge in [0.1, 0.15) is 10.0 Å². The molecule has 0 fully saturated rings. The molecule has 0 saturated carbocycles. The Morgan fingerprint density at radius 1 is 0.725 bits per heavy atom. The minimum absolute atomic E-state index is 0.0582. The molecular weight excluding hydrogens is 548 g/mol. The topological polar surface area (TPSA) is 111 Å². The number of rotatable bonds is 9. The van der Waals surface area contributed by atoms with Gasteiger partial charge in [0.05, 0.1) is 23.3 Å². The van der Waals surface area contributed by atoms with E-state index in [0.717, 1.165) is 59.4 Å². The van der Waals surface area contributed by atoms with Gasteiger partial charge in [-0.3, -0.25) is 9.59 Å². The molecule has 0 radical (unpaired) electrons. The maximum atomic E-state index is 12.9. The molecule has 218 valence electrons. The fourth-order valence-electron chi connectivity index (χ4n) is 5.26. The Hall–Kier alpha value is -2.72. The molecule has 4 rings (SSSR count). The molecule has 40 heavy (non-hydrogen) atoms. The highest BCUT2D eigenvalue weighted by Crippen LogP contribution is 2.41. The third-order valence-electron chi connectivity index (χ3n) is 7.20. The summed E-state index contributed by atoms with van der Waals surface area (Å²) >= 11 is 2.86. The Kier molecular flexibility index (Phi) is 9.72. The number of anilines is 2. The van der Waals surface area contributed by atoms with Gasteiger partial charge < -0.3 is 20.1 Å². The molecule has 0 bridgehead atoms. The number of hydrogen-bond donors (Lipinski definition) is 2. The lowest BCUT2D eigenvalue weighted by atomic mass is 9.88. The van der Waals surface area contributed by atoms with Gasteiger partial charge in [0.2, 0.25) is 11.8 Å². The van der Waals surface area contributed by atoms with Crippen molar-refractivity contribution in [1.82, 2.24) is 0 Å². The summed E-state index contributed by atoms with van der Waals surface area (Å²) in [7, 11) is 0. The SMILES string of the molecule is CC1CCc2c(sc(NC(=O)CCC(=O)Nc3sc4c(c3C(=O)OC(C)C)CCC(C)C4)c2C(=O)OC(C)C)C1. The van der Waals surface area contributed by atoms with Crippen LogP contribution in [0.2, 0.25) is 0 Å². The van der Waals surface area contributed by atoms with Gasteiger partial charge in [-0.2, -0.15) is 0 Å². The van der Waals surface area contributed by atoms with Crippen LogP contribution < -0.4 is 10.6 Å². The molecule has 2 aliphatic rings. The van der Waals surface area contributed by atoms with Crippen molar-refractivity contribution < 1.29 is 28.7 Å². The third-order valence-corrected chi connectivity index (χ3v) is 9.54. The molecule has 0 spiro atoms. The molecular formula is C30H40N2O6S2. The summed E-state index contributed by atoms with van der Waals surface area (Å²) in [6.07, 6.45) is 4.59. The number of hydrogen-bond acceptors (Lipinski definition) is 8. The molecule has 2 aromatic heterocycles. The summed E-state index contributed by atoms with van der Waals surface area (Å²) in [5.41, 5.74) is 2.84. The van der Waals surface area contributed by atoms with E-state index in [-0.39, 0.29) is 36.9 Å². The average molecular weight is 589 g/mol. The summed E-state index contributed by atoms with van der Waals surface area (Å²) in [5.74, 6) is -0.514. The van der Waals surface area contributed by atoms with Gasteiger partial charge in [0, 0.05) is 22.6 Å². The first kappa shape index (κ1) is 30.2. The molecule has 2 aliphatic carbocycles. The van der Waals surface area contributed by atoms with E-state index in [2.05, 4.69) is 24.5 Å². The summed E-state index contributed by atoms with van der Waals surface area (Å²) in [6, 6.07) is 0. The van der Waals surface area contributed by atoms with Crippen LogP contribution >= 0.6 is 22.7 Å². The van der Waals surface area contributed by atoms with E-state index in [1.165, 1.54) is 22.7 Å². The highest BCUT2D eigenvalue weighted by molar-refractivity contribution is 7.17. The Morgan fingerprint density at radius 3 is 1.45 bits per heavy atom. The predicted molar refractivity (Wildman–Crippen MR) is 159 cm³/mol. The van der Waals surface area contributed by atoms with Crippen LogP contribution in [-0.2, 0) is 44.7 Å². The van der Waals surface area contributed by atoms with Crippen molar-refractivity contribution in [2.45, 2.75) is 105 Å². The van der Waals surface area contributed by atoms with E-state index in [1.807, 2.05) is 0 Å². The summed E-state index contributed by atoms with van der Waals surface area (Å²) < 4.78 is 11.0. The van der Waals surface area contributed by atoms with E-state index < -0.39 is 11.9 Å². The fourth-order valence-corrected chi connectivity index (χ4v) is 8.09. The predicted octanol–water partition coefficient (Wildman–Crippen LogP) is 6.55. The Bertz CT molecular complexity index is 1190. The smallest absolute Gasteiger partial charge is 0.341 e. The third kappa shape index (κ3) is 7.13. The number of fused-ring (bicyclic) bond motifs is 2. The van der Waals surface area contributed by atoms with E-state index in [4.69, 9.17) is 9.47 Å². The molecule has 2 amide bonds. The molecule has 10 heteroatoms. The highest BCUT2D eigenvalue weighted by Gasteiger charge is 2.31. The standard InChI is InChI=1S/C30H40N2O6S2/c1-15(2)37-29(35)25-19-9-7-17(5)13-21(19)39-27(25)31-23(33)11-12-24(34)32-28-26(30(36)38-16(3)4)20-10-8-18(6)14-22(20)40-28/h15-18H,7-14H2,1-6H3,(H,31,33)(H,32,34). The van der Waals surface area contributed by atoms with E-state index in [1.54, 1.807) is 27.7 Å². The van der Waals surface area contributed by atoms with Crippen LogP contribution in [0.1, 0.15) is 109 Å². The van der Waals surface area contributed by atoms with Crippen molar-refractivity contribution in [3.63, 3.8) is 0 Å². The number of ether oxygens (including phenoxy) is 2. The number of nitrogens with one attached hydrogen (secondary N) is 2. The Labute approximate surface area is 244 Å². The number of thiophene rings is 2. The van der Waals surface area contributed by atoms with Crippen LogP contribution in [-0.4, -0.2) is 36.0 Å². The molecule has 2 unspecified atom stereocenters. The van der Waals surface area contributed by atoms with E-state index >= 15 is 0 Å². The average Bonchev–Trinajstić information content (AvgIpc) is 3.38. The molecule has 0 aliphatic heterocycles. The number of carbonyl (C=O) groups excluding carboxylic acids is 4. The molecule has 2 atom stereocenters. The lowest BCUT2D eigenvalue weighted by Gasteiger charge is -2.19. The zero-order chi connectivity index (χ0) is 29.1.